The first-order valence-corrected chi connectivity index (χ1v) is 9.00. The highest BCUT2D eigenvalue weighted by Gasteiger charge is 2.36. The summed E-state index contributed by atoms with van der Waals surface area (Å²) < 4.78 is 0. The first-order valence-electron chi connectivity index (χ1n) is 8.01. The number of thioether (sulfide) groups is 1. The second-order valence-electron chi connectivity index (χ2n) is 6.34. The Bertz CT molecular complexity index is 440. The molecule has 1 fully saturated rings. The summed E-state index contributed by atoms with van der Waals surface area (Å²) in [4.78, 5) is 1.46. The average Bonchev–Trinajstić information content (AvgIpc) is 2.93. The van der Waals surface area contributed by atoms with Crippen LogP contribution >= 0.6 is 11.8 Å². The molecule has 0 amide bonds. The molecule has 1 aromatic carbocycles. The van der Waals surface area contributed by atoms with E-state index in [-0.39, 0.29) is 0 Å². The van der Waals surface area contributed by atoms with Crippen molar-refractivity contribution in [3.63, 3.8) is 0 Å². The highest BCUT2D eigenvalue weighted by Crippen LogP contribution is 2.45. The SMILES string of the molecule is CCC1CCC(C(NN)C2CSc3ccccc32)CC1. The molecule has 0 saturated heterocycles. The molecule has 2 nitrogen and oxygen atoms in total. The number of nitrogens with one attached hydrogen (secondary N) is 1. The Hall–Kier alpha value is -0.510. The Morgan fingerprint density at radius 2 is 2.00 bits per heavy atom. The molecule has 0 aromatic heterocycles. The summed E-state index contributed by atoms with van der Waals surface area (Å²) in [6.45, 7) is 2.33. The van der Waals surface area contributed by atoms with Crippen molar-refractivity contribution in [2.75, 3.05) is 5.75 Å². The van der Waals surface area contributed by atoms with Gasteiger partial charge in [-0.3, -0.25) is 11.3 Å². The van der Waals surface area contributed by atoms with E-state index in [9.17, 15) is 0 Å². The number of rotatable bonds is 4. The van der Waals surface area contributed by atoms with Crippen LogP contribution in [0.3, 0.4) is 0 Å². The van der Waals surface area contributed by atoms with E-state index >= 15 is 0 Å². The lowest BCUT2D eigenvalue weighted by Gasteiger charge is -2.36. The Morgan fingerprint density at radius 3 is 2.70 bits per heavy atom. The molecule has 110 valence electrons. The van der Waals surface area contributed by atoms with Crippen LogP contribution in [0.25, 0.3) is 0 Å². The molecular weight excluding hydrogens is 264 g/mol. The average molecular weight is 290 g/mol. The van der Waals surface area contributed by atoms with Gasteiger partial charge in [-0.15, -0.1) is 11.8 Å². The molecule has 1 saturated carbocycles. The van der Waals surface area contributed by atoms with Crippen LogP contribution in [0, 0.1) is 11.8 Å². The molecule has 1 aromatic rings. The highest BCUT2D eigenvalue weighted by atomic mass is 32.2. The van der Waals surface area contributed by atoms with E-state index in [1.54, 1.807) is 0 Å². The molecule has 0 radical (unpaired) electrons. The molecule has 0 spiro atoms. The monoisotopic (exact) mass is 290 g/mol. The molecular formula is C17H26N2S. The first kappa shape index (κ1) is 14.4. The molecule has 0 bridgehead atoms. The third kappa shape index (κ3) is 2.76. The largest absolute Gasteiger partial charge is 0.271 e. The van der Waals surface area contributed by atoms with Gasteiger partial charge in [0.15, 0.2) is 0 Å². The van der Waals surface area contributed by atoms with E-state index in [1.165, 1.54) is 48.3 Å². The van der Waals surface area contributed by atoms with Gasteiger partial charge in [0, 0.05) is 22.6 Å². The van der Waals surface area contributed by atoms with Gasteiger partial charge >= 0.3 is 0 Å². The molecule has 20 heavy (non-hydrogen) atoms. The number of hydrogen-bond acceptors (Lipinski definition) is 3. The Labute approximate surface area is 126 Å². The lowest BCUT2D eigenvalue weighted by atomic mass is 9.73. The lowest BCUT2D eigenvalue weighted by Crippen LogP contribution is -2.46. The third-order valence-electron chi connectivity index (χ3n) is 5.34. The Kier molecular flexibility index (Phi) is 4.69. The van der Waals surface area contributed by atoms with E-state index in [4.69, 9.17) is 5.84 Å². The Morgan fingerprint density at radius 1 is 1.25 bits per heavy atom. The minimum atomic E-state index is 0.448. The van der Waals surface area contributed by atoms with Gasteiger partial charge < -0.3 is 0 Å². The van der Waals surface area contributed by atoms with Crippen LogP contribution in [0.1, 0.15) is 50.5 Å². The van der Waals surface area contributed by atoms with Gasteiger partial charge in [0.05, 0.1) is 0 Å². The predicted octanol–water partition coefficient (Wildman–Crippen LogP) is 3.92. The zero-order chi connectivity index (χ0) is 13.9. The smallest absolute Gasteiger partial charge is 0.0315 e. The third-order valence-corrected chi connectivity index (χ3v) is 6.55. The summed E-state index contributed by atoms with van der Waals surface area (Å²) in [6, 6.07) is 9.30. The fraction of sp³-hybridized carbons (Fsp3) is 0.647. The quantitative estimate of drug-likeness (QED) is 0.652. The fourth-order valence-electron chi connectivity index (χ4n) is 4.02. The van der Waals surface area contributed by atoms with Crippen molar-refractivity contribution in [2.24, 2.45) is 17.7 Å². The van der Waals surface area contributed by atoms with Crippen molar-refractivity contribution in [2.45, 2.75) is 55.9 Å². The predicted molar refractivity (Wildman–Crippen MR) is 86.8 cm³/mol. The van der Waals surface area contributed by atoms with E-state index in [1.807, 2.05) is 11.8 Å². The van der Waals surface area contributed by atoms with Crippen LogP contribution in [0.15, 0.2) is 29.2 Å². The van der Waals surface area contributed by atoms with Crippen molar-refractivity contribution in [3.8, 4) is 0 Å². The van der Waals surface area contributed by atoms with Gasteiger partial charge in [-0.2, -0.15) is 0 Å². The van der Waals surface area contributed by atoms with E-state index in [0.717, 1.165) is 11.8 Å². The van der Waals surface area contributed by atoms with Crippen molar-refractivity contribution in [1.82, 2.24) is 5.43 Å². The van der Waals surface area contributed by atoms with Crippen LogP contribution in [0.4, 0.5) is 0 Å². The normalized spacial score (nSPS) is 31.0. The van der Waals surface area contributed by atoms with Gasteiger partial charge in [0.25, 0.3) is 0 Å². The van der Waals surface area contributed by atoms with Crippen molar-refractivity contribution < 1.29 is 0 Å². The summed E-state index contributed by atoms with van der Waals surface area (Å²) in [5, 5.41) is 0. The van der Waals surface area contributed by atoms with Crippen LogP contribution in [0.2, 0.25) is 0 Å². The number of fused-ring (bicyclic) bond motifs is 1. The summed E-state index contributed by atoms with van der Waals surface area (Å²) in [6.07, 6.45) is 6.81. The maximum absolute atomic E-state index is 5.95. The zero-order valence-corrected chi connectivity index (χ0v) is 13.2. The molecule has 3 rings (SSSR count). The molecule has 2 atom stereocenters. The van der Waals surface area contributed by atoms with Crippen LogP contribution in [0.5, 0.6) is 0 Å². The standard InChI is InChI=1S/C17H26N2S/c1-2-12-7-9-13(10-8-12)17(19-18)15-11-20-16-6-4-3-5-14(15)16/h3-6,12-13,15,17,19H,2,7-11,18H2,1H3. The summed E-state index contributed by atoms with van der Waals surface area (Å²) >= 11 is 1.99. The number of hydrogen-bond donors (Lipinski definition) is 2. The molecule has 2 aliphatic rings. The van der Waals surface area contributed by atoms with E-state index in [2.05, 4.69) is 36.6 Å². The molecule has 1 heterocycles. The molecule has 1 aliphatic carbocycles. The number of hydrazine groups is 1. The number of benzene rings is 1. The maximum Gasteiger partial charge on any atom is 0.0315 e. The topological polar surface area (TPSA) is 38.0 Å². The van der Waals surface area contributed by atoms with Crippen LogP contribution in [-0.4, -0.2) is 11.8 Å². The summed E-state index contributed by atoms with van der Waals surface area (Å²) in [5.41, 5.74) is 4.69. The highest BCUT2D eigenvalue weighted by molar-refractivity contribution is 7.99. The zero-order valence-electron chi connectivity index (χ0n) is 12.3. The second-order valence-corrected chi connectivity index (χ2v) is 7.40. The maximum atomic E-state index is 5.95. The van der Waals surface area contributed by atoms with Gasteiger partial charge in [-0.25, -0.2) is 0 Å². The fourth-order valence-corrected chi connectivity index (χ4v) is 5.33. The van der Waals surface area contributed by atoms with Crippen molar-refractivity contribution >= 4 is 11.8 Å². The first-order chi connectivity index (χ1) is 9.83. The molecule has 3 N–H and O–H groups in total. The van der Waals surface area contributed by atoms with Crippen LogP contribution < -0.4 is 11.3 Å². The van der Waals surface area contributed by atoms with Gasteiger partial charge in [0.2, 0.25) is 0 Å². The molecule has 2 unspecified atom stereocenters. The van der Waals surface area contributed by atoms with E-state index in [0.29, 0.717) is 12.0 Å². The second kappa shape index (κ2) is 6.50. The van der Waals surface area contributed by atoms with Crippen molar-refractivity contribution in [3.05, 3.63) is 29.8 Å². The minimum Gasteiger partial charge on any atom is -0.271 e. The van der Waals surface area contributed by atoms with Crippen LogP contribution in [-0.2, 0) is 0 Å². The van der Waals surface area contributed by atoms with Crippen molar-refractivity contribution in [1.29, 1.82) is 0 Å². The van der Waals surface area contributed by atoms with Gasteiger partial charge in [-0.05, 0) is 36.3 Å². The lowest BCUT2D eigenvalue weighted by molar-refractivity contribution is 0.204. The van der Waals surface area contributed by atoms with Gasteiger partial charge in [-0.1, -0.05) is 44.4 Å². The minimum absolute atomic E-state index is 0.448. The Balaban J connectivity index is 1.72. The molecule has 1 aliphatic heterocycles. The molecule has 3 heteroatoms. The summed E-state index contributed by atoms with van der Waals surface area (Å²) in [5.74, 6) is 9.42. The summed E-state index contributed by atoms with van der Waals surface area (Å²) in [7, 11) is 0. The van der Waals surface area contributed by atoms with E-state index < -0.39 is 0 Å². The number of nitrogens with two attached hydrogens (primary N) is 1. The van der Waals surface area contributed by atoms with Gasteiger partial charge in [0.1, 0.15) is 0 Å².